The number of nitrogens with zero attached hydrogens (tertiary/aromatic N) is 4. The van der Waals surface area contributed by atoms with Crippen LogP contribution in [0.1, 0.15) is 44.5 Å². The van der Waals surface area contributed by atoms with Gasteiger partial charge in [0.05, 0.1) is 35.4 Å². The van der Waals surface area contributed by atoms with Gasteiger partial charge < -0.3 is 15.2 Å². The highest BCUT2D eigenvalue weighted by molar-refractivity contribution is 5.93. The van der Waals surface area contributed by atoms with Gasteiger partial charge in [0.2, 0.25) is 0 Å². The van der Waals surface area contributed by atoms with E-state index in [4.69, 9.17) is 4.74 Å². The van der Waals surface area contributed by atoms with E-state index >= 15 is 0 Å². The number of aliphatic hydroxyl groups is 1. The number of cyclic esters (lactones) is 1. The van der Waals surface area contributed by atoms with E-state index in [9.17, 15) is 9.90 Å². The zero-order valence-electron chi connectivity index (χ0n) is 15.7. The quantitative estimate of drug-likeness (QED) is 0.629. The zero-order chi connectivity index (χ0) is 19.7. The number of aliphatic hydroxyl groups excluding tert-OH is 1. The molecule has 0 amide bonds. The van der Waals surface area contributed by atoms with Crippen molar-refractivity contribution in [2.75, 3.05) is 6.54 Å². The Bertz CT molecular complexity index is 1010. The van der Waals surface area contributed by atoms with Crippen molar-refractivity contribution in [3.8, 4) is 5.82 Å². The smallest absolute Gasteiger partial charge is 0.338 e. The van der Waals surface area contributed by atoms with Crippen LogP contribution >= 0.6 is 0 Å². The number of imidazole rings is 1. The third-order valence-electron chi connectivity index (χ3n) is 4.88. The maximum absolute atomic E-state index is 11.6. The number of carbonyl (C=O) groups is 1. The van der Waals surface area contributed by atoms with Gasteiger partial charge in [-0.1, -0.05) is 6.07 Å². The van der Waals surface area contributed by atoms with Crippen LogP contribution in [0.2, 0.25) is 0 Å². The molecule has 1 aromatic carbocycles. The van der Waals surface area contributed by atoms with Crippen LogP contribution in [-0.4, -0.2) is 37.1 Å². The van der Waals surface area contributed by atoms with Crippen molar-refractivity contribution >= 4 is 5.97 Å². The number of ether oxygens (including phenoxy) is 1. The molecule has 0 saturated heterocycles. The van der Waals surface area contributed by atoms with Gasteiger partial charge in [0.15, 0.2) is 5.82 Å². The molecule has 1 aliphatic heterocycles. The van der Waals surface area contributed by atoms with Gasteiger partial charge in [0, 0.05) is 24.8 Å². The summed E-state index contributed by atoms with van der Waals surface area (Å²) in [5.41, 5.74) is 4.83. The highest BCUT2D eigenvalue weighted by Crippen LogP contribution is 2.28. The molecule has 1 unspecified atom stereocenters. The van der Waals surface area contributed by atoms with E-state index in [1.54, 1.807) is 30.9 Å². The molecule has 8 nitrogen and oxygen atoms in total. The molecule has 0 aliphatic carbocycles. The molecule has 3 heterocycles. The number of aromatic nitrogens is 4. The molecule has 2 N–H and O–H groups in total. The summed E-state index contributed by atoms with van der Waals surface area (Å²) < 4.78 is 6.88. The first-order valence-electron chi connectivity index (χ1n) is 9.03. The number of benzene rings is 1. The van der Waals surface area contributed by atoms with Crippen LogP contribution in [0.4, 0.5) is 0 Å². The Morgan fingerprint density at radius 3 is 2.82 bits per heavy atom. The zero-order valence-corrected chi connectivity index (χ0v) is 15.7. The monoisotopic (exact) mass is 379 g/mol. The number of rotatable bonds is 6. The van der Waals surface area contributed by atoms with Crippen molar-refractivity contribution in [2.45, 2.75) is 33.1 Å². The molecular weight excluding hydrogens is 358 g/mol. The van der Waals surface area contributed by atoms with Crippen molar-refractivity contribution in [2.24, 2.45) is 0 Å². The molecule has 144 valence electrons. The lowest BCUT2D eigenvalue weighted by atomic mass is 9.95. The summed E-state index contributed by atoms with van der Waals surface area (Å²) in [5, 5.41) is 13.7. The number of nitrogens with one attached hydrogen (secondary N) is 1. The average molecular weight is 379 g/mol. The van der Waals surface area contributed by atoms with Gasteiger partial charge in [-0.25, -0.2) is 14.8 Å². The number of aryl methyl sites for hydroxylation is 1. The summed E-state index contributed by atoms with van der Waals surface area (Å²) in [5.74, 6) is 0.403. The molecule has 8 heteroatoms. The van der Waals surface area contributed by atoms with Gasteiger partial charge in [-0.2, -0.15) is 0 Å². The first-order valence-corrected chi connectivity index (χ1v) is 9.03. The first kappa shape index (κ1) is 18.3. The van der Waals surface area contributed by atoms with Crippen LogP contribution in [0, 0.1) is 13.8 Å². The van der Waals surface area contributed by atoms with Crippen molar-refractivity contribution < 1.29 is 14.6 Å². The molecule has 1 aliphatic rings. The van der Waals surface area contributed by atoms with E-state index in [1.807, 2.05) is 24.6 Å². The predicted molar refractivity (Wildman–Crippen MR) is 101 cm³/mol. The minimum Gasteiger partial charge on any atom is -0.457 e. The fourth-order valence-electron chi connectivity index (χ4n) is 3.29. The Hall–Kier alpha value is -3.10. The van der Waals surface area contributed by atoms with Crippen molar-refractivity contribution in [3.05, 3.63) is 70.7 Å². The number of esters is 1. The van der Waals surface area contributed by atoms with Gasteiger partial charge in [-0.05, 0) is 31.0 Å². The van der Waals surface area contributed by atoms with E-state index in [0.717, 1.165) is 28.1 Å². The van der Waals surface area contributed by atoms with E-state index in [0.29, 0.717) is 24.5 Å². The van der Waals surface area contributed by atoms with Crippen molar-refractivity contribution in [3.63, 3.8) is 0 Å². The van der Waals surface area contributed by atoms with Crippen LogP contribution in [0.5, 0.6) is 0 Å². The molecule has 0 fully saturated rings. The SMILES string of the molecule is Cc1cn(-c2cnc(CNCC(O)c3ccc4c(c3C)COC4=O)cn2)cn1. The molecule has 0 saturated carbocycles. The topological polar surface area (TPSA) is 102 Å². The summed E-state index contributed by atoms with van der Waals surface area (Å²) in [6, 6.07) is 3.51. The van der Waals surface area contributed by atoms with Crippen LogP contribution in [-0.2, 0) is 17.9 Å². The number of hydrogen-bond acceptors (Lipinski definition) is 7. The fourth-order valence-corrected chi connectivity index (χ4v) is 3.29. The molecule has 4 rings (SSSR count). The summed E-state index contributed by atoms with van der Waals surface area (Å²) in [4.78, 5) is 24.6. The van der Waals surface area contributed by atoms with E-state index in [1.165, 1.54) is 0 Å². The van der Waals surface area contributed by atoms with Gasteiger partial charge >= 0.3 is 5.97 Å². The third-order valence-corrected chi connectivity index (χ3v) is 4.88. The minimum atomic E-state index is -0.692. The van der Waals surface area contributed by atoms with Crippen LogP contribution in [0.25, 0.3) is 5.82 Å². The molecule has 0 radical (unpaired) electrons. The second kappa shape index (κ2) is 7.49. The van der Waals surface area contributed by atoms with Crippen LogP contribution in [0.15, 0.2) is 37.1 Å². The lowest BCUT2D eigenvalue weighted by molar-refractivity contribution is 0.0535. The molecule has 0 spiro atoms. The summed E-state index contributed by atoms with van der Waals surface area (Å²) in [6.07, 6.45) is 6.28. The van der Waals surface area contributed by atoms with Gasteiger partial charge in [0.25, 0.3) is 0 Å². The summed E-state index contributed by atoms with van der Waals surface area (Å²) in [6.45, 7) is 4.94. The van der Waals surface area contributed by atoms with Gasteiger partial charge in [-0.15, -0.1) is 0 Å². The lowest BCUT2D eigenvalue weighted by Gasteiger charge is -2.16. The largest absolute Gasteiger partial charge is 0.457 e. The molecule has 3 aromatic rings. The third kappa shape index (κ3) is 3.51. The van der Waals surface area contributed by atoms with Gasteiger partial charge in [0.1, 0.15) is 12.9 Å². The minimum absolute atomic E-state index is 0.270. The number of hydrogen-bond donors (Lipinski definition) is 2. The normalized spacial score (nSPS) is 14.0. The van der Waals surface area contributed by atoms with E-state index in [2.05, 4.69) is 20.3 Å². The summed E-state index contributed by atoms with van der Waals surface area (Å²) >= 11 is 0. The number of carbonyl (C=O) groups excluding carboxylic acids is 1. The van der Waals surface area contributed by atoms with Crippen LogP contribution in [0.3, 0.4) is 0 Å². The molecule has 0 bridgehead atoms. The van der Waals surface area contributed by atoms with Crippen molar-refractivity contribution in [1.29, 1.82) is 0 Å². The Morgan fingerprint density at radius 1 is 1.25 bits per heavy atom. The molecule has 28 heavy (non-hydrogen) atoms. The highest BCUT2D eigenvalue weighted by Gasteiger charge is 2.25. The standard InChI is InChI=1S/C20H21N5O3/c1-12-9-25(11-24-12)19-8-22-14(6-23-19)5-21-7-18(26)15-3-4-16-17(13(15)2)10-28-20(16)27/h3-4,6,8-9,11,18,21,26H,5,7,10H2,1-2H3. The number of fused-ring (bicyclic) bond motifs is 1. The maximum Gasteiger partial charge on any atom is 0.338 e. The first-order chi connectivity index (χ1) is 13.5. The molecular formula is C20H21N5O3. The predicted octanol–water partition coefficient (Wildman–Crippen LogP) is 1.77. The lowest BCUT2D eigenvalue weighted by Crippen LogP contribution is -2.22. The average Bonchev–Trinajstić information content (AvgIpc) is 3.29. The fraction of sp³-hybridized carbons (Fsp3) is 0.300. The highest BCUT2D eigenvalue weighted by atomic mass is 16.5. The Balaban J connectivity index is 1.36. The van der Waals surface area contributed by atoms with Gasteiger partial charge in [-0.3, -0.25) is 9.55 Å². The van der Waals surface area contributed by atoms with Crippen molar-refractivity contribution in [1.82, 2.24) is 24.8 Å². The second-order valence-corrected chi connectivity index (χ2v) is 6.82. The Labute approximate surface area is 162 Å². The summed E-state index contributed by atoms with van der Waals surface area (Å²) in [7, 11) is 0. The maximum atomic E-state index is 11.6. The molecule has 1 atom stereocenters. The van der Waals surface area contributed by atoms with E-state index in [-0.39, 0.29) is 12.6 Å². The Kier molecular flexibility index (Phi) is 4.89. The Morgan fingerprint density at radius 2 is 2.11 bits per heavy atom. The van der Waals surface area contributed by atoms with Crippen LogP contribution < -0.4 is 5.32 Å². The molecule has 2 aromatic heterocycles. The van der Waals surface area contributed by atoms with E-state index < -0.39 is 6.10 Å². The second-order valence-electron chi connectivity index (χ2n) is 6.82.